The fraction of sp³-hybridized carbons (Fsp3) is 0.120. The lowest BCUT2D eigenvalue weighted by Gasteiger charge is -2.18. The van der Waals surface area contributed by atoms with Gasteiger partial charge in [0.1, 0.15) is 17.2 Å². The van der Waals surface area contributed by atoms with Crippen molar-refractivity contribution in [3.05, 3.63) is 89.6 Å². The Hall–Kier alpha value is -4.27. The molecule has 0 atom stereocenters. The lowest BCUT2D eigenvalue weighted by Crippen LogP contribution is -2.33. The number of hydrogen-bond donors (Lipinski definition) is 1. The molecule has 1 N–H and O–H groups in total. The van der Waals surface area contributed by atoms with Crippen molar-refractivity contribution in [2.24, 2.45) is 0 Å². The minimum atomic E-state index is -4.82. The van der Waals surface area contributed by atoms with Gasteiger partial charge in [-0.15, -0.1) is 13.2 Å². The lowest BCUT2D eigenvalue weighted by atomic mass is 10.0. The molecule has 1 aliphatic heterocycles. The summed E-state index contributed by atoms with van der Waals surface area (Å²) < 4.78 is 46.7. The van der Waals surface area contributed by atoms with Gasteiger partial charge in [0.05, 0.1) is 18.4 Å². The summed E-state index contributed by atoms with van der Waals surface area (Å²) in [4.78, 5) is 28.1. The van der Waals surface area contributed by atoms with Crippen molar-refractivity contribution in [1.82, 2.24) is 0 Å². The van der Waals surface area contributed by atoms with Crippen LogP contribution in [0.25, 0.3) is 5.57 Å². The number of para-hydroxylation sites is 2. The standard InChI is InChI=1S/C25H19F3N2O4/c1-15-7-3-5-9-19(15)30-23(31)21(18-8-4-6-10-20(18)33-2)22(24(30)32)29-16-11-13-17(14-12-16)34-25(26,27)28/h3-14,29H,1-2H3. The van der Waals surface area contributed by atoms with Crippen molar-refractivity contribution in [3.8, 4) is 11.5 Å². The van der Waals surface area contributed by atoms with Crippen molar-refractivity contribution in [3.63, 3.8) is 0 Å². The molecule has 0 fully saturated rings. The molecule has 0 radical (unpaired) electrons. The van der Waals surface area contributed by atoms with E-state index in [0.717, 1.165) is 22.6 Å². The van der Waals surface area contributed by atoms with Crippen LogP contribution in [0.3, 0.4) is 0 Å². The van der Waals surface area contributed by atoms with Crippen molar-refractivity contribution in [2.75, 3.05) is 17.3 Å². The SMILES string of the molecule is COc1ccccc1C1=C(Nc2ccc(OC(F)(F)F)cc2)C(=O)N(c2ccccc2C)C1=O. The number of carbonyl (C=O) groups excluding carboxylic acids is 2. The second-order valence-electron chi connectivity index (χ2n) is 7.38. The number of rotatable bonds is 6. The number of ether oxygens (including phenoxy) is 2. The molecule has 6 nitrogen and oxygen atoms in total. The van der Waals surface area contributed by atoms with E-state index in [1.54, 1.807) is 55.5 Å². The van der Waals surface area contributed by atoms with Crippen LogP contribution in [0.5, 0.6) is 11.5 Å². The van der Waals surface area contributed by atoms with Crippen LogP contribution in [0.1, 0.15) is 11.1 Å². The number of hydrogen-bond acceptors (Lipinski definition) is 5. The summed E-state index contributed by atoms with van der Waals surface area (Å²) in [5.74, 6) is -1.18. The number of anilines is 2. The number of aryl methyl sites for hydroxylation is 1. The molecular weight excluding hydrogens is 449 g/mol. The van der Waals surface area contributed by atoms with Crippen molar-refractivity contribution >= 4 is 28.8 Å². The predicted molar refractivity (Wildman–Crippen MR) is 120 cm³/mol. The van der Waals surface area contributed by atoms with Gasteiger partial charge in [0, 0.05) is 11.3 Å². The van der Waals surface area contributed by atoms with E-state index >= 15 is 0 Å². The topological polar surface area (TPSA) is 67.9 Å². The van der Waals surface area contributed by atoms with E-state index in [2.05, 4.69) is 10.1 Å². The van der Waals surface area contributed by atoms with E-state index in [4.69, 9.17) is 4.74 Å². The summed E-state index contributed by atoms with van der Waals surface area (Å²) in [6, 6.07) is 18.6. The molecule has 0 spiro atoms. The Morgan fingerprint density at radius 2 is 1.50 bits per heavy atom. The van der Waals surface area contributed by atoms with Crippen LogP contribution >= 0.6 is 0 Å². The molecule has 1 aliphatic rings. The molecule has 3 aromatic rings. The Morgan fingerprint density at radius 1 is 0.853 bits per heavy atom. The quantitative estimate of drug-likeness (QED) is 0.498. The number of amides is 2. The molecule has 0 aromatic heterocycles. The zero-order valence-electron chi connectivity index (χ0n) is 18.1. The average molecular weight is 468 g/mol. The Balaban J connectivity index is 1.78. The second kappa shape index (κ2) is 8.93. The van der Waals surface area contributed by atoms with Crippen LogP contribution < -0.4 is 19.7 Å². The van der Waals surface area contributed by atoms with Crippen LogP contribution in [0.4, 0.5) is 24.5 Å². The van der Waals surface area contributed by atoms with Gasteiger partial charge in [-0.25, -0.2) is 4.90 Å². The van der Waals surface area contributed by atoms with E-state index in [-0.39, 0.29) is 11.3 Å². The van der Waals surface area contributed by atoms with E-state index in [1.807, 2.05) is 0 Å². The first kappa shape index (κ1) is 22.9. The highest BCUT2D eigenvalue weighted by molar-refractivity contribution is 6.46. The number of benzene rings is 3. The fourth-order valence-corrected chi connectivity index (χ4v) is 3.66. The van der Waals surface area contributed by atoms with Gasteiger partial charge in [-0.2, -0.15) is 0 Å². The third-order valence-electron chi connectivity index (χ3n) is 5.17. The number of methoxy groups -OCH3 is 1. The molecule has 34 heavy (non-hydrogen) atoms. The normalized spacial score (nSPS) is 14.0. The van der Waals surface area contributed by atoms with Crippen LogP contribution in [0, 0.1) is 6.92 Å². The minimum absolute atomic E-state index is 0.0257. The number of imide groups is 1. The Labute approximate surface area is 193 Å². The Morgan fingerprint density at radius 3 is 2.15 bits per heavy atom. The van der Waals surface area contributed by atoms with E-state index in [0.29, 0.717) is 22.7 Å². The molecular formula is C25H19F3N2O4. The van der Waals surface area contributed by atoms with Gasteiger partial charge in [0.2, 0.25) is 0 Å². The van der Waals surface area contributed by atoms with Crippen molar-refractivity contribution < 1.29 is 32.2 Å². The number of nitrogens with one attached hydrogen (secondary N) is 1. The van der Waals surface area contributed by atoms with E-state index in [1.165, 1.54) is 19.2 Å². The minimum Gasteiger partial charge on any atom is -0.496 e. The number of nitrogens with zero attached hydrogens (tertiary/aromatic N) is 1. The predicted octanol–water partition coefficient (Wildman–Crippen LogP) is 5.30. The third kappa shape index (κ3) is 4.45. The lowest BCUT2D eigenvalue weighted by molar-refractivity contribution is -0.274. The van der Waals surface area contributed by atoms with E-state index < -0.39 is 23.9 Å². The summed E-state index contributed by atoms with van der Waals surface area (Å²) in [7, 11) is 1.45. The third-order valence-corrected chi connectivity index (χ3v) is 5.17. The highest BCUT2D eigenvalue weighted by atomic mass is 19.4. The van der Waals surface area contributed by atoms with Crippen LogP contribution in [0.2, 0.25) is 0 Å². The number of carbonyl (C=O) groups is 2. The molecule has 0 bridgehead atoms. The first-order valence-electron chi connectivity index (χ1n) is 10.1. The van der Waals surface area contributed by atoms with Crippen LogP contribution in [0.15, 0.2) is 78.5 Å². The molecule has 1 heterocycles. The maximum absolute atomic E-state index is 13.6. The first-order chi connectivity index (χ1) is 16.2. The van der Waals surface area contributed by atoms with Gasteiger partial charge in [-0.1, -0.05) is 36.4 Å². The first-order valence-corrected chi connectivity index (χ1v) is 10.1. The van der Waals surface area contributed by atoms with Gasteiger partial charge < -0.3 is 14.8 Å². The fourth-order valence-electron chi connectivity index (χ4n) is 3.66. The smallest absolute Gasteiger partial charge is 0.496 e. The largest absolute Gasteiger partial charge is 0.573 e. The second-order valence-corrected chi connectivity index (χ2v) is 7.38. The highest BCUT2D eigenvalue weighted by Crippen LogP contribution is 2.38. The molecule has 0 saturated carbocycles. The maximum atomic E-state index is 13.6. The Kier molecular flexibility index (Phi) is 6.02. The van der Waals surface area contributed by atoms with Gasteiger partial charge in [0.25, 0.3) is 11.8 Å². The van der Waals surface area contributed by atoms with Gasteiger partial charge >= 0.3 is 6.36 Å². The number of alkyl halides is 3. The molecule has 9 heteroatoms. The molecule has 0 unspecified atom stereocenters. The van der Waals surface area contributed by atoms with Crippen LogP contribution in [-0.4, -0.2) is 25.3 Å². The molecule has 0 aliphatic carbocycles. The molecule has 3 aromatic carbocycles. The summed E-state index contributed by atoms with van der Waals surface area (Å²) in [5, 5.41) is 2.91. The molecule has 174 valence electrons. The molecule has 0 saturated heterocycles. The van der Waals surface area contributed by atoms with Gasteiger partial charge in [-0.05, 0) is 48.9 Å². The van der Waals surface area contributed by atoms with Gasteiger partial charge in [-0.3, -0.25) is 9.59 Å². The van der Waals surface area contributed by atoms with Crippen molar-refractivity contribution in [2.45, 2.75) is 13.3 Å². The van der Waals surface area contributed by atoms with Crippen LogP contribution in [-0.2, 0) is 9.59 Å². The highest BCUT2D eigenvalue weighted by Gasteiger charge is 2.41. The molecule has 4 rings (SSSR count). The van der Waals surface area contributed by atoms with Gasteiger partial charge in [0.15, 0.2) is 0 Å². The average Bonchev–Trinajstić information content (AvgIpc) is 3.03. The summed E-state index contributed by atoms with van der Waals surface area (Å²) >= 11 is 0. The maximum Gasteiger partial charge on any atom is 0.573 e. The summed E-state index contributed by atoms with van der Waals surface area (Å²) in [5.41, 5.74) is 1.90. The monoisotopic (exact) mass is 468 g/mol. The zero-order chi connectivity index (χ0) is 24.5. The number of halogens is 3. The van der Waals surface area contributed by atoms with E-state index in [9.17, 15) is 22.8 Å². The summed E-state index contributed by atoms with van der Waals surface area (Å²) in [6.45, 7) is 1.78. The Bertz CT molecular complexity index is 1280. The summed E-state index contributed by atoms with van der Waals surface area (Å²) in [6.07, 6.45) is -4.82. The molecule has 2 amide bonds. The zero-order valence-corrected chi connectivity index (χ0v) is 18.1. The van der Waals surface area contributed by atoms with Crippen molar-refractivity contribution in [1.29, 1.82) is 0 Å².